The molecule has 0 spiro atoms. The van der Waals surface area contributed by atoms with Gasteiger partial charge in [-0.1, -0.05) is 0 Å². The van der Waals surface area contributed by atoms with Crippen LogP contribution in [0.25, 0.3) is 0 Å². The number of nitrogens with two attached hydrogens (primary N) is 1. The maximum absolute atomic E-state index is 12.7. The number of benzene rings is 1. The van der Waals surface area contributed by atoms with Gasteiger partial charge in [-0.3, -0.25) is 19.2 Å². The summed E-state index contributed by atoms with van der Waals surface area (Å²) < 4.78 is 10.7. The van der Waals surface area contributed by atoms with Gasteiger partial charge in [-0.05, 0) is 26.0 Å². The number of amides is 1. The molecule has 2 rings (SSSR count). The molecule has 1 heterocycles. The number of esters is 1. The Morgan fingerprint density at radius 3 is 2.56 bits per heavy atom. The summed E-state index contributed by atoms with van der Waals surface area (Å²) in [5.74, 6) is -1.09. The molecule has 8 heteroatoms. The van der Waals surface area contributed by atoms with E-state index < -0.39 is 17.6 Å². The summed E-state index contributed by atoms with van der Waals surface area (Å²) in [7, 11) is 0. The number of ether oxygens (including phenoxy) is 2. The number of nitrogen functional groups attached to an aromatic ring is 1. The number of hydrogen-bond donors (Lipinski definition) is 2. The zero-order valence-electron chi connectivity index (χ0n) is 15.9. The van der Waals surface area contributed by atoms with Crippen molar-refractivity contribution in [3.8, 4) is 5.75 Å². The Kier molecular flexibility index (Phi) is 5.88. The van der Waals surface area contributed by atoms with E-state index in [0.717, 1.165) is 0 Å². The van der Waals surface area contributed by atoms with Gasteiger partial charge >= 0.3 is 5.97 Å². The third kappa shape index (κ3) is 5.06. The Bertz CT molecular complexity index is 800. The minimum Gasteiger partial charge on any atom is -0.487 e. The molecule has 0 bridgehead atoms. The molecule has 0 aliphatic carbocycles. The molecule has 0 fully saturated rings. The van der Waals surface area contributed by atoms with Crippen LogP contribution in [-0.4, -0.2) is 41.7 Å². The van der Waals surface area contributed by atoms with E-state index in [1.807, 2.05) is 0 Å². The number of hydrogen-bond acceptors (Lipinski definition) is 7. The van der Waals surface area contributed by atoms with E-state index in [1.54, 1.807) is 19.9 Å². The zero-order chi connectivity index (χ0) is 20.4. The van der Waals surface area contributed by atoms with E-state index in [0.29, 0.717) is 5.75 Å². The Morgan fingerprint density at radius 2 is 1.96 bits per heavy atom. The summed E-state index contributed by atoms with van der Waals surface area (Å²) in [6, 6.07) is 2.36. The van der Waals surface area contributed by atoms with Gasteiger partial charge in [0.15, 0.2) is 11.6 Å². The van der Waals surface area contributed by atoms with E-state index in [2.05, 4.69) is 5.32 Å². The average Bonchev–Trinajstić information content (AvgIpc) is 2.50. The quantitative estimate of drug-likeness (QED) is 0.439. The number of carbonyl (C=O) groups excluding carboxylic acids is 4. The molecule has 0 aromatic heterocycles. The van der Waals surface area contributed by atoms with E-state index >= 15 is 0 Å². The molecule has 1 aliphatic heterocycles. The van der Waals surface area contributed by atoms with Crippen LogP contribution in [0.15, 0.2) is 12.1 Å². The Balaban J connectivity index is 2.25. The number of nitrogens with one attached hydrogen (secondary N) is 1. The molecule has 1 unspecified atom stereocenters. The molecule has 27 heavy (non-hydrogen) atoms. The first-order chi connectivity index (χ1) is 12.5. The van der Waals surface area contributed by atoms with Crippen LogP contribution in [0, 0.1) is 0 Å². The van der Waals surface area contributed by atoms with Crippen LogP contribution in [0.3, 0.4) is 0 Å². The molecule has 1 atom stereocenters. The van der Waals surface area contributed by atoms with Crippen molar-refractivity contribution in [1.82, 2.24) is 5.32 Å². The number of Topliss-reactive ketones (excluding diaryl/α,β-unsaturated/α-hetero) is 2. The second kappa shape index (κ2) is 7.77. The maximum atomic E-state index is 12.7. The van der Waals surface area contributed by atoms with Crippen LogP contribution in [-0.2, 0) is 14.3 Å². The standard InChI is InChI=1S/C19H24N2O6/c1-10(22)21-12(9-26-11(2)23)7-14(24)13-5-6-16-17(18(13)20)15(25)8-19(3,4)27-16/h5-6,12H,7-9,20H2,1-4H3,(H,21,22). The lowest BCUT2D eigenvalue weighted by Crippen LogP contribution is -2.39. The maximum Gasteiger partial charge on any atom is 0.302 e. The molecule has 1 aromatic carbocycles. The summed E-state index contributed by atoms with van der Waals surface area (Å²) in [5, 5.41) is 2.57. The second-order valence-electron chi connectivity index (χ2n) is 7.19. The molecule has 0 saturated carbocycles. The van der Waals surface area contributed by atoms with Crippen molar-refractivity contribution in [2.75, 3.05) is 12.3 Å². The van der Waals surface area contributed by atoms with Gasteiger partial charge in [-0.25, -0.2) is 0 Å². The molecular weight excluding hydrogens is 352 g/mol. The van der Waals surface area contributed by atoms with Crippen molar-refractivity contribution in [3.05, 3.63) is 23.3 Å². The molecule has 8 nitrogen and oxygen atoms in total. The highest BCUT2D eigenvalue weighted by Crippen LogP contribution is 2.38. The number of ketones is 2. The highest BCUT2D eigenvalue weighted by atomic mass is 16.5. The fourth-order valence-electron chi connectivity index (χ4n) is 3.01. The molecule has 146 valence electrons. The van der Waals surface area contributed by atoms with Crippen molar-refractivity contribution in [3.63, 3.8) is 0 Å². The van der Waals surface area contributed by atoms with Crippen LogP contribution in [0.2, 0.25) is 0 Å². The van der Waals surface area contributed by atoms with Gasteiger partial charge in [-0.2, -0.15) is 0 Å². The second-order valence-corrected chi connectivity index (χ2v) is 7.19. The van der Waals surface area contributed by atoms with Crippen molar-refractivity contribution >= 4 is 29.1 Å². The normalized spacial score (nSPS) is 15.9. The lowest BCUT2D eigenvalue weighted by Gasteiger charge is -2.32. The minimum atomic E-state index is -0.694. The van der Waals surface area contributed by atoms with Crippen molar-refractivity contribution in [2.45, 2.75) is 52.2 Å². The fourth-order valence-corrected chi connectivity index (χ4v) is 3.01. The third-order valence-corrected chi connectivity index (χ3v) is 4.09. The first-order valence-corrected chi connectivity index (χ1v) is 8.58. The zero-order valence-corrected chi connectivity index (χ0v) is 15.9. The highest BCUT2D eigenvalue weighted by Gasteiger charge is 2.35. The van der Waals surface area contributed by atoms with E-state index in [9.17, 15) is 19.2 Å². The SMILES string of the molecule is CC(=O)NC(COC(C)=O)CC(=O)c1ccc2c(c1N)C(=O)CC(C)(C)O2. The predicted molar refractivity (Wildman–Crippen MR) is 97.7 cm³/mol. The molecule has 1 aliphatic rings. The van der Waals surface area contributed by atoms with Crippen molar-refractivity contribution < 1.29 is 28.7 Å². The smallest absolute Gasteiger partial charge is 0.302 e. The van der Waals surface area contributed by atoms with Crippen molar-refractivity contribution in [1.29, 1.82) is 0 Å². The fraction of sp³-hybridized carbons (Fsp3) is 0.474. The van der Waals surface area contributed by atoms with Gasteiger partial charge in [0.05, 0.1) is 23.7 Å². The summed E-state index contributed by atoms with van der Waals surface area (Å²) >= 11 is 0. The molecule has 1 aromatic rings. The van der Waals surface area contributed by atoms with Gasteiger partial charge in [0, 0.05) is 25.8 Å². The average molecular weight is 376 g/mol. The number of anilines is 1. The monoisotopic (exact) mass is 376 g/mol. The first kappa shape index (κ1) is 20.4. The summed E-state index contributed by atoms with van der Waals surface area (Å²) in [6.45, 7) is 6.01. The third-order valence-electron chi connectivity index (χ3n) is 4.09. The van der Waals surface area contributed by atoms with Gasteiger partial charge in [0.1, 0.15) is 18.0 Å². The van der Waals surface area contributed by atoms with E-state index in [-0.39, 0.29) is 53.7 Å². The Labute approximate surface area is 157 Å². The lowest BCUT2D eigenvalue weighted by atomic mass is 9.89. The van der Waals surface area contributed by atoms with E-state index in [4.69, 9.17) is 15.2 Å². The summed E-state index contributed by atoms with van der Waals surface area (Å²) in [6.07, 6.45) is 0.0270. The van der Waals surface area contributed by atoms with Crippen LogP contribution in [0.4, 0.5) is 5.69 Å². The minimum absolute atomic E-state index is 0.0621. The topological polar surface area (TPSA) is 125 Å². The van der Waals surface area contributed by atoms with Gasteiger partial charge < -0.3 is 20.5 Å². The number of rotatable bonds is 6. The summed E-state index contributed by atoms with van der Waals surface area (Å²) in [5.41, 5.74) is 5.89. The van der Waals surface area contributed by atoms with Crippen LogP contribution < -0.4 is 15.8 Å². The highest BCUT2D eigenvalue weighted by molar-refractivity contribution is 6.11. The molecule has 0 radical (unpaired) electrons. The molecule has 1 amide bonds. The first-order valence-electron chi connectivity index (χ1n) is 8.58. The van der Waals surface area contributed by atoms with Gasteiger partial charge in [0.25, 0.3) is 0 Å². The molecular formula is C19H24N2O6. The lowest BCUT2D eigenvalue weighted by molar-refractivity contribution is -0.142. The summed E-state index contributed by atoms with van der Waals surface area (Å²) in [4.78, 5) is 47.5. The Hall–Kier alpha value is -2.90. The number of fused-ring (bicyclic) bond motifs is 1. The van der Waals surface area contributed by atoms with Gasteiger partial charge in [-0.15, -0.1) is 0 Å². The van der Waals surface area contributed by atoms with Crippen molar-refractivity contribution in [2.24, 2.45) is 0 Å². The molecule has 0 saturated heterocycles. The molecule has 3 N–H and O–H groups in total. The van der Waals surface area contributed by atoms with E-state index in [1.165, 1.54) is 19.9 Å². The van der Waals surface area contributed by atoms with Gasteiger partial charge in [0.2, 0.25) is 5.91 Å². The predicted octanol–water partition coefficient (Wildman–Crippen LogP) is 1.65. The Morgan fingerprint density at radius 1 is 1.30 bits per heavy atom. The number of carbonyl (C=O) groups is 4. The van der Waals surface area contributed by atoms with Crippen LogP contribution in [0.1, 0.15) is 61.3 Å². The van der Waals surface area contributed by atoms with Crippen LogP contribution >= 0.6 is 0 Å². The largest absolute Gasteiger partial charge is 0.487 e. The van der Waals surface area contributed by atoms with Crippen LogP contribution in [0.5, 0.6) is 5.75 Å².